The van der Waals surface area contributed by atoms with E-state index in [4.69, 9.17) is 0 Å². The van der Waals surface area contributed by atoms with Gasteiger partial charge >= 0.3 is 5.97 Å². The molecule has 1 aliphatic carbocycles. The second-order valence-corrected chi connectivity index (χ2v) is 5.84. The van der Waals surface area contributed by atoms with E-state index in [-0.39, 0.29) is 11.8 Å². The highest BCUT2D eigenvalue weighted by molar-refractivity contribution is 6.08. The van der Waals surface area contributed by atoms with Gasteiger partial charge in [0.2, 0.25) is 11.8 Å². The van der Waals surface area contributed by atoms with Crippen molar-refractivity contribution < 1.29 is 19.5 Å². The van der Waals surface area contributed by atoms with Crippen LogP contribution in [0.1, 0.15) is 52.4 Å². The first kappa shape index (κ1) is 14.0. The van der Waals surface area contributed by atoms with Crippen molar-refractivity contribution in [1.29, 1.82) is 0 Å². The smallest absolute Gasteiger partial charge is 0.330 e. The molecule has 0 spiro atoms. The molecule has 0 aromatic rings. The van der Waals surface area contributed by atoms with Gasteiger partial charge in [-0.15, -0.1) is 0 Å². The Bertz CT molecular complexity index is 390. The molecular weight excluding hydrogens is 246 g/mol. The number of rotatable bonds is 2. The Kier molecular flexibility index (Phi) is 3.65. The largest absolute Gasteiger partial charge is 0.479 e. The van der Waals surface area contributed by atoms with E-state index in [9.17, 15) is 19.5 Å². The third kappa shape index (κ3) is 2.05. The number of nitrogens with zero attached hydrogens (tertiary/aromatic N) is 1. The second-order valence-electron chi connectivity index (χ2n) is 5.84. The molecule has 0 aromatic heterocycles. The highest BCUT2D eigenvalue weighted by atomic mass is 16.4. The van der Waals surface area contributed by atoms with E-state index < -0.39 is 23.3 Å². The number of carboxylic acids is 1. The van der Waals surface area contributed by atoms with Crippen molar-refractivity contribution in [1.82, 2.24) is 4.90 Å². The van der Waals surface area contributed by atoms with Crippen LogP contribution in [0.3, 0.4) is 0 Å². The number of hydrogen-bond acceptors (Lipinski definition) is 3. The summed E-state index contributed by atoms with van der Waals surface area (Å²) in [7, 11) is 0. The molecule has 2 atom stereocenters. The number of carbonyl (C=O) groups excluding carboxylic acids is 2. The Morgan fingerprint density at radius 2 is 1.47 bits per heavy atom. The number of hydrogen-bond donors (Lipinski definition) is 1. The third-order valence-electron chi connectivity index (χ3n) is 4.73. The molecule has 0 aromatic carbocycles. The van der Waals surface area contributed by atoms with Crippen LogP contribution in [-0.4, -0.2) is 33.3 Å². The van der Waals surface area contributed by atoms with Crippen LogP contribution in [-0.2, 0) is 14.4 Å². The molecular formula is C14H21NO4. The average molecular weight is 267 g/mol. The minimum atomic E-state index is -1.30. The molecule has 1 saturated heterocycles. The average Bonchev–Trinajstić information content (AvgIpc) is 2.58. The lowest BCUT2D eigenvalue weighted by Crippen LogP contribution is -2.57. The Balaban J connectivity index is 2.41. The highest BCUT2D eigenvalue weighted by Crippen LogP contribution is 2.39. The SMILES string of the molecule is CC1C(=O)N(C2(C(=O)O)CCCCCC2)C(=O)C1C. The fraction of sp³-hybridized carbons (Fsp3) is 0.786. The van der Waals surface area contributed by atoms with E-state index in [1.807, 2.05) is 0 Å². The summed E-state index contributed by atoms with van der Waals surface area (Å²) in [5.41, 5.74) is -1.30. The molecule has 106 valence electrons. The molecule has 5 heteroatoms. The van der Waals surface area contributed by atoms with Gasteiger partial charge in [0.25, 0.3) is 0 Å². The summed E-state index contributed by atoms with van der Waals surface area (Å²) in [4.78, 5) is 37.4. The first-order valence-electron chi connectivity index (χ1n) is 7.03. The van der Waals surface area contributed by atoms with Gasteiger partial charge in [-0.05, 0) is 12.8 Å². The van der Waals surface area contributed by atoms with Crippen LogP contribution in [0.4, 0.5) is 0 Å². The standard InChI is InChI=1S/C14H21NO4/c1-9-10(2)12(17)15(11(9)16)14(13(18)19)7-5-3-4-6-8-14/h9-10H,3-8H2,1-2H3,(H,18,19). The van der Waals surface area contributed by atoms with E-state index in [1.54, 1.807) is 13.8 Å². The Morgan fingerprint density at radius 3 is 1.84 bits per heavy atom. The summed E-state index contributed by atoms with van der Waals surface area (Å²) in [5, 5.41) is 9.64. The lowest BCUT2D eigenvalue weighted by Gasteiger charge is -2.36. The summed E-state index contributed by atoms with van der Waals surface area (Å²) in [6.07, 6.45) is 4.23. The first-order valence-corrected chi connectivity index (χ1v) is 7.03. The highest BCUT2D eigenvalue weighted by Gasteiger charge is 2.56. The maximum Gasteiger partial charge on any atom is 0.330 e. The van der Waals surface area contributed by atoms with Gasteiger partial charge in [-0.25, -0.2) is 4.79 Å². The number of carboxylic acid groups (broad SMARTS) is 1. The molecule has 0 radical (unpaired) electrons. The van der Waals surface area contributed by atoms with E-state index in [0.29, 0.717) is 12.8 Å². The molecule has 2 fully saturated rings. The quantitative estimate of drug-likeness (QED) is 0.611. The predicted octanol–water partition coefficient (Wildman–Crippen LogP) is 1.80. The van der Waals surface area contributed by atoms with Crippen molar-refractivity contribution in [3.05, 3.63) is 0 Å². The zero-order valence-electron chi connectivity index (χ0n) is 11.5. The fourth-order valence-electron chi connectivity index (χ4n) is 3.21. The lowest BCUT2D eigenvalue weighted by molar-refractivity contribution is -0.164. The maximum absolute atomic E-state index is 12.3. The molecule has 2 aliphatic rings. The van der Waals surface area contributed by atoms with E-state index in [2.05, 4.69) is 0 Å². The van der Waals surface area contributed by atoms with Crippen LogP contribution in [0.2, 0.25) is 0 Å². The first-order chi connectivity index (χ1) is 8.92. The molecule has 1 aliphatic heterocycles. The van der Waals surface area contributed by atoms with Crippen molar-refractivity contribution in [3.63, 3.8) is 0 Å². The van der Waals surface area contributed by atoms with E-state index in [0.717, 1.165) is 30.6 Å². The second kappa shape index (κ2) is 4.94. The van der Waals surface area contributed by atoms with Gasteiger partial charge in [0, 0.05) is 11.8 Å². The molecule has 19 heavy (non-hydrogen) atoms. The number of likely N-dealkylation sites (tertiary alicyclic amines) is 1. The normalized spacial score (nSPS) is 31.4. The molecule has 5 nitrogen and oxygen atoms in total. The van der Waals surface area contributed by atoms with Crippen LogP contribution in [0.15, 0.2) is 0 Å². The summed E-state index contributed by atoms with van der Waals surface area (Å²) in [6, 6.07) is 0. The molecule has 1 saturated carbocycles. The molecule has 2 rings (SSSR count). The third-order valence-corrected chi connectivity index (χ3v) is 4.73. The monoisotopic (exact) mass is 267 g/mol. The summed E-state index contributed by atoms with van der Waals surface area (Å²) < 4.78 is 0. The van der Waals surface area contributed by atoms with Crippen LogP contribution in [0, 0.1) is 11.8 Å². The van der Waals surface area contributed by atoms with Crippen molar-refractivity contribution >= 4 is 17.8 Å². The molecule has 2 amide bonds. The van der Waals surface area contributed by atoms with Gasteiger partial charge in [0.15, 0.2) is 0 Å². The van der Waals surface area contributed by atoms with Gasteiger partial charge in [0.05, 0.1) is 0 Å². The number of amides is 2. The molecule has 1 N–H and O–H groups in total. The summed E-state index contributed by atoms with van der Waals surface area (Å²) >= 11 is 0. The maximum atomic E-state index is 12.3. The summed E-state index contributed by atoms with van der Waals surface area (Å²) in [5.74, 6) is -2.49. The lowest BCUT2D eigenvalue weighted by atomic mass is 9.88. The number of aliphatic carboxylic acids is 1. The fourth-order valence-corrected chi connectivity index (χ4v) is 3.21. The minimum absolute atomic E-state index is 0.318. The van der Waals surface area contributed by atoms with Crippen LogP contribution >= 0.6 is 0 Å². The zero-order valence-corrected chi connectivity index (χ0v) is 11.5. The molecule has 0 bridgehead atoms. The number of carbonyl (C=O) groups is 3. The summed E-state index contributed by atoms with van der Waals surface area (Å²) in [6.45, 7) is 3.41. The zero-order chi connectivity index (χ0) is 14.2. The topological polar surface area (TPSA) is 74.7 Å². The van der Waals surface area contributed by atoms with Gasteiger partial charge in [0.1, 0.15) is 5.54 Å². The van der Waals surface area contributed by atoms with Crippen molar-refractivity contribution in [2.75, 3.05) is 0 Å². The van der Waals surface area contributed by atoms with Crippen LogP contribution in [0.5, 0.6) is 0 Å². The van der Waals surface area contributed by atoms with Crippen molar-refractivity contribution in [2.24, 2.45) is 11.8 Å². The van der Waals surface area contributed by atoms with Crippen LogP contribution in [0.25, 0.3) is 0 Å². The Hall–Kier alpha value is -1.39. The Labute approximate surface area is 113 Å². The van der Waals surface area contributed by atoms with Gasteiger partial charge < -0.3 is 5.11 Å². The minimum Gasteiger partial charge on any atom is -0.479 e. The van der Waals surface area contributed by atoms with Crippen molar-refractivity contribution in [2.45, 2.75) is 57.9 Å². The van der Waals surface area contributed by atoms with Gasteiger partial charge in [-0.1, -0.05) is 39.5 Å². The molecule has 2 unspecified atom stereocenters. The van der Waals surface area contributed by atoms with E-state index in [1.165, 1.54) is 0 Å². The van der Waals surface area contributed by atoms with Gasteiger partial charge in [-0.2, -0.15) is 0 Å². The predicted molar refractivity (Wildman–Crippen MR) is 68.2 cm³/mol. The number of imide groups is 1. The molecule has 1 heterocycles. The van der Waals surface area contributed by atoms with Crippen LogP contribution < -0.4 is 0 Å². The van der Waals surface area contributed by atoms with Crippen molar-refractivity contribution in [3.8, 4) is 0 Å². The van der Waals surface area contributed by atoms with Gasteiger partial charge in [-0.3, -0.25) is 14.5 Å². The van der Waals surface area contributed by atoms with E-state index >= 15 is 0 Å². The Morgan fingerprint density at radius 1 is 1.05 bits per heavy atom.